The third-order valence-corrected chi connectivity index (χ3v) is 7.15. The molecule has 1 N–H and O–H groups in total. The molecule has 3 aromatic rings. The molecule has 4 rings (SSSR count). The minimum Gasteiger partial charge on any atom is -0.494 e. The third kappa shape index (κ3) is 7.30. The van der Waals surface area contributed by atoms with Gasteiger partial charge in [0, 0.05) is 5.69 Å². The Morgan fingerprint density at radius 2 is 1.87 bits per heavy atom. The summed E-state index contributed by atoms with van der Waals surface area (Å²) in [5, 5.41) is 2.14. The number of anilines is 1. The number of hydrogen-bond acceptors (Lipinski definition) is 7. The highest BCUT2D eigenvalue weighted by Crippen LogP contribution is 2.37. The molecule has 1 fully saturated rings. The van der Waals surface area contributed by atoms with Crippen molar-refractivity contribution in [3.63, 3.8) is 0 Å². The lowest BCUT2D eigenvalue weighted by molar-refractivity contribution is -0.127. The van der Waals surface area contributed by atoms with Crippen molar-refractivity contribution in [1.29, 1.82) is 0 Å². The summed E-state index contributed by atoms with van der Waals surface area (Å²) in [7, 11) is 1.49. The van der Waals surface area contributed by atoms with Crippen LogP contribution in [0.1, 0.15) is 18.1 Å². The van der Waals surface area contributed by atoms with Crippen LogP contribution in [0.25, 0.3) is 6.08 Å². The van der Waals surface area contributed by atoms with Crippen LogP contribution in [0, 0.1) is 9.39 Å². The van der Waals surface area contributed by atoms with Crippen LogP contribution >= 0.6 is 34.4 Å². The number of thioether (sulfide) groups is 1. The van der Waals surface area contributed by atoms with Crippen LogP contribution in [0.15, 0.2) is 65.6 Å². The van der Waals surface area contributed by atoms with E-state index in [1.54, 1.807) is 54.6 Å². The van der Waals surface area contributed by atoms with Crippen molar-refractivity contribution in [2.75, 3.05) is 25.6 Å². The van der Waals surface area contributed by atoms with Gasteiger partial charge in [-0.25, -0.2) is 4.39 Å². The topological polar surface area (TPSA) is 94.2 Å². The van der Waals surface area contributed by atoms with Crippen molar-refractivity contribution in [2.45, 2.75) is 13.5 Å². The first kappa shape index (κ1) is 28.4. The molecule has 0 bridgehead atoms. The van der Waals surface area contributed by atoms with Gasteiger partial charge in [0.25, 0.3) is 11.1 Å². The summed E-state index contributed by atoms with van der Waals surface area (Å²) >= 11 is 2.84. The Morgan fingerprint density at radius 3 is 2.56 bits per heavy atom. The summed E-state index contributed by atoms with van der Waals surface area (Å²) in [5.74, 6) is 0.141. The summed E-state index contributed by atoms with van der Waals surface area (Å²) in [4.78, 5) is 39.1. The van der Waals surface area contributed by atoms with E-state index in [1.807, 2.05) is 6.92 Å². The van der Waals surface area contributed by atoms with Crippen molar-refractivity contribution in [3.05, 3.63) is 86.1 Å². The molecular weight excluding hydrogens is 638 g/mol. The van der Waals surface area contributed by atoms with Crippen LogP contribution < -0.4 is 19.5 Å². The maximum absolute atomic E-state index is 13.5. The highest BCUT2D eigenvalue weighted by molar-refractivity contribution is 14.1. The van der Waals surface area contributed by atoms with Crippen molar-refractivity contribution >= 4 is 63.2 Å². The van der Waals surface area contributed by atoms with Crippen LogP contribution in [-0.4, -0.2) is 42.2 Å². The molecule has 3 aromatic carbocycles. The van der Waals surface area contributed by atoms with Gasteiger partial charge in [-0.05, 0) is 107 Å². The van der Waals surface area contributed by atoms with Crippen molar-refractivity contribution in [2.24, 2.45) is 0 Å². The molecule has 11 heteroatoms. The highest BCUT2D eigenvalue weighted by atomic mass is 127. The molecule has 39 heavy (non-hydrogen) atoms. The van der Waals surface area contributed by atoms with E-state index in [9.17, 15) is 18.8 Å². The number of carbonyl (C=O) groups is 3. The monoisotopic (exact) mass is 662 g/mol. The zero-order valence-electron chi connectivity index (χ0n) is 21.0. The maximum Gasteiger partial charge on any atom is 0.294 e. The van der Waals surface area contributed by atoms with E-state index >= 15 is 0 Å². The molecule has 0 saturated carbocycles. The normalized spacial score (nSPS) is 14.1. The number of hydrogen-bond donors (Lipinski definition) is 1. The Bertz CT molecular complexity index is 1430. The fourth-order valence-corrected chi connectivity index (χ4v) is 5.30. The predicted molar refractivity (Wildman–Crippen MR) is 155 cm³/mol. The van der Waals surface area contributed by atoms with Gasteiger partial charge in [-0.2, -0.15) is 0 Å². The van der Waals surface area contributed by atoms with Gasteiger partial charge in [0.05, 0.1) is 22.2 Å². The third-order valence-electron chi connectivity index (χ3n) is 5.45. The molecule has 202 valence electrons. The number of methoxy groups -OCH3 is 1. The van der Waals surface area contributed by atoms with Crippen LogP contribution in [0.2, 0.25) is 0 Å². The predicted octanol–water partition coefficient (Wildman–Crippen LogP) is 6.09. The molecule has 1 heterocycles. The van der Waals surface area contributed by atoms with E-state index < -0.39 is 23.6 Å². The first-order valence-electron chi connectivity index (χ1n) is 11.8. The molecular formula is C28H24FIN2O6S. The lowest BCUT2D eigenvalue weighted by Gasteiger charge is -2.14. The Hall–Kier alpha value is -3.58. The summed E-state index contributed by atoms with van der Waals surface area (Å²) in [6, 6.07) is 16.4. The van der Waals surface area contributed by atoms with E-state index in [-0.39, 0.29) is 17.3 Å². The second-order valence-electron chi connectivity index (χ2n) is 8.23. The Labute approximate surface area is 242 Å². The van der Waals surface area contributed by atoms with E-state index in [4.69, 9.17) is 14.2 Å². The quantitative estimate of drug-likeness (QED) is 0.208. The first-order chi connectivity index (χ1) is 18.8. The number of carbonyl (C=O) groups excluding carboxylic acids is 3. The second kappa shape index (κ2) is 13.0. The zero-order valence-corrected chi connectivity index (χ0v) is 24.0. The molecule has 8 nitrogen and oxygen atoms in total. The molecule has 1 aliphatic rings. The van der Waals surface area contributed by atoms with Gasteiger partial charge >= 0.3 is 0 Å². The number of nitrogens with zero attached hydrogens (tertiary/aromatic N) is 1. The summed E-state index contributed by atoms with van der Waals surface area (Å²) < 4.78 is 30.9. The lowest BCUT2D eigenvalue weighted by Crippen LogP contribution is -2.36. The molecule has 0 aliphatic carbocycles. The van der Waals surface area contributed by atoms with Crippen molar-refractivity contribution in [3.8, 4) is 17.2 Å². The SMILES string of the molecule is CCOc1ccc(NC(=O)CN2C(=O)S/C(=C/c3cc(I)c(OCc4cccc(F)c4)c(OC)c3)C2=O)cc1. The van der Waals surface area contributed by atoms with Crippen molar-refractivity contribution in [1.82, 2.24) is 4.90 Å². The fourth-order valence-electron chi connectivity index (χ4n) is 3.68. The number of rotatable bonds is 10. The highest BCUT2D eigenvalue weighted by Gasteiger charge is 2.36. The fraction of sp³-hybridized carbons (Fsp3) is 0.179. The second-order valence-corrected chi connectivity index (χ2v) is 10.4. The van der Waals surface area contributed by atoms with Crippen LogP contribution in [-0.2, 0) is 16.2 Å². The molecule has 0 radical (unpaired) electrons. The summed E-state index contributed by atoms with van der Waals surface area (Å²) in [5.41, 5.74) is 1.79. The minimum atomic E-state index is -0.563. The van der Waals surface area contributed by atoms with E-state index in [2.05, 4.69) is 27.9 Å². The average Bonchev–Trinajstić information content (AvgIpc) is 3.16. The number of benzene rings is 3. The Kier molecular flexibility index (Phi) is 9.46. The van der Waals surface area contributed by atoms with Gasteiger partial charge in [0.15, 0.2) is 11.5 Å². The van der Waals surface area contributed by atoms with Crippen LogP contribution in [0.4, 0.5) is 14.9 Å². The number of ether oxygens (including phenoxy) is 3. The number of amides is 3. The number of imide groups is 1. The van der Waals surface area contributed by atoms with Gasteiger partial charge in [0.1, 0.15) is 24.7 Å². The van der Waals surface area contributed by atoms with Gasteiger partial charge in [-0.3, -0.25) is 19.3 Å². The molecule has 0 atom stereocenters. The maximum atomic E-state index is 13.5. The Balaban J connectivity index is 1.43. The molecule has 0 spiro atoms. The van der Waals surface area contributed by atoms with Gasteiger partial charge in [0.2, 0.25) is 5.91 Å². The van der Waals surface area contributed by atoms with Crippen LogP contribution in [0.5, 0.6) is 17.2 Å². The molecule has 1 aliphatic heterocycles. The van der Waals surface area contributed by atoms with E-state index in [1.165, 1.54) is 19.2 Å². The summed E-state index contributed by atoms with van der Waals surface area (Å²) in [6.07, 6.45) is 1.57. The summed E-state index contributed by atoms with van der Waals surface area (Å²) in [6.45, 7) is 2.13. The van der Waals surface area contributed by atoms with Gasteiger partial charge < -0.3 is 19.5 Å². The van der Waals surface area contributed by atoms with Crippen molar-refractivity contribution < 1.29 is 33.0 Å². The molecule has 3 amide bonds. The number of nitrogens with one attached hydrogen (secondary N) is 1. The smallest absolute Gasteiger partial charge is 0.294 e. The zero-order chi connectivity index (χ0) is 27.9. The molecule has 0 unspecified atom stereocenters. The van der Waals surface area contributed by atoms with Gasteiger partial charge in [-0.15, -0.1) is 0 Å². The number of halogens is 2. The average molecular weight is 662 g/mol. The van der Waals surface area contributed by atoms with Gasteiger partial charge in [-0.1, -0.05) is 12.1 Å². The van der Waals surface area contributed by atoms with E-state index in [0.29, 0.717) is 44.2 Å². The standard InChI is InChI=1S/C28H24FIN2O6S/c1-3-37-21-9-7-20(8-10-21)31-25(33)15-32-27(34)24(39-28(32)35)14-18-12-22(30)26(23(13-18)36-2)38-16-17-5-4-6-19(29)11-17/h4-14H,3,15-16H2,1-2H3,(H,31,33)/b24-14+. The van der Waals surface area contributed by atoms with E-state index in [0.717, 1.165) is 16.7 Å². The molecule has 0 aromatic heterocycles. The largest absolute Gasteiger partial charge is 0.494 e. The lowest BCUT2D eigenvalue weighted by atomic mass is 10.1. The Morgan fingerprint density at radius 1 is 1.10 bits per heavy atom. The molecule has 1 saturated heterocycles. The first-order valence-corrected chi connectivity index (χ1v) is 13.7. The van der Waals surface area contributed by atoms with Crippen LogP contribution in [0.3, 0.4) is 0 Å². The minimum absolute atomic E-state index is 0.140.